The highest BCUT2D eigenvalue weighted by Gasteiger charge is 1.95. The molecule has 0 aliphatic carbocycles. The maximum Gasteiger partial charge on any atom is 0.310 e. The number of ether oxygens (including phenoxy) is 1. The second-order valence-corrected chi connectivity index (χ2v) is 4.02. The van der Waals surface area contributed by atoms with Gasteiger partial charge in [0.1, 0.15) is 0 Å². The van der Waals surface area contributed by atoms with E-state index in [1.54, 1.807) is 13.2 Å². The lowest BCUT2D eigenvalue weighted by atomic mass is 10.1. The molecule has 0 rings (SSSR count). The smallest absolute Gasteiger partial charge is 0.310 e. The summed E-state index contributed by atoms with van der Waals surface area (Å²) in [7, 11) is 0. The van der Waals surface area contributed by atoms with Crippen LogP contribution in [0, 0.1) is 5.92 Å². The molecule has 0 aromatic heterocycles. The van der Waals surface area contributed by atoms with Crippen LogP contribution in [0.2, 0.25) is 0 Å². The fourth-order valence-corrected chi connectivity index (χ4v) is 0.988. The Labute approximate surface area is 93.0 Å². The van der Waals surface area contributed by atoms with Crippen molar-refractivity contribution < 1.29 is 9.53 Å². The lowest BCUT2D eigenvalue weighted by molar-refractivity contribution is -0.137. The highest BCUT2D eigenvalue weighted by Crippen LogP contribution is 2.06. The van der Waals surface area contributed by atoms with E-state index in [0.29, 0.717) is 12.3 Å². The summed E-state index contributed by atoms with van der Waals surface area (Å²) in [6.45, 7) is 8.08. The SMILES string of the molecule is CCC(=O)O/C=C(\C)CC/C=C/C(C)C. The van der Waals surface area contributed by atoms with Crippen molar-refractivity contribution in [2.24, 2.45) is 5.92 Å². The highest BCUT2D eigenvalue weighted by atomic mass is 16.5. The molecule has 2 heteroatoms. The van der Waals surface area contributed by atoms with Crippen molar-refractivity contribution >= 4 is 5.97 Å². The molecule has 0 amide bonds. The summed E-state index contributed by atoms with van der Waals surface area (Å²) in [6, 6.07) is 0. The highest BCUT2D eigenvalue weighted by molar-refractivity contribution is 5.69. The van der Waals surface area contributed by atoms with Crippen LogP contribution < -0.4 is 0 Å². The van der Waals surface area contributed by atoms with Crippen molar-refractivity contribution in [2.45, 2.75) is 47.0 Å². The third-order valence-corrected chi connectivity index (χ3v) is 1.91. The van der Waals surface area contributed by atoms with Gasteiger partial charge in [0.2, 0.25) is 0 Å². The topological polar surface area (TPSA) is 26.3 Å². The summed E-state index contributed by atoms with van der Waals surface area (Å²) in [5, 5.41) is 0. The van der Waals surface area contributed by atoms with Gasteiger partial charge in [-0.1, -0.05) is 32.9 Å². The van der Waals surface area contributed by atoms with Gasteiger partial charge in [0.05, 0.1) is 6.26 Å². The summed E-state index contributed by atoms with van der Waals surface area (Å²) in [4.78, 5) is 10.9. The predicted octanol–water partition coefficient (Wildman–Crippen LogP) is 3.84. The fourth-order valence-electron chi connectivity index (χ4n) is 0.988. The molecule has 0 saturated heterocycles. The van der Waals surface area contributed by atoms with Gasteiger partial charge in [-0.05, 0) is 31.3 Å². The number of allylic oxidation sites excluding steroid dienone is 3. The quantitative estimate of drug-likeness (QED) is 0.378. The Morgan fingerprint density at radius 2 is 2.07 bits per heavy atom. The zero-order valence-electron chi connectivity index (χ0n) is 10.2. The Morgan fingerprint density at radius 1 is 1.40 bits per heavy atom. The van der Waals surface area contributed by atoms with E-state index in [4.69, 9.17) is 4.74 Å². The average Bonchev–Trinajstić information content (AvgIpc) is 2.20. The van der Waals surface area contributed by atoms with Gasteiger partial charge >= 0.3 is 5.97 Å². The fraction of sp³-hybridized carbons (Fsp3) is 0.615. The van der Waals surface area contributed by atoms with Gasteiger partial charge in [0, 0.05) is 6.42 Å². The summed E-state index contributed by atoms with van der Waals surface area (Å²) in [6.07, 6.45) is 8.30. The summed E-state index contributed by atoms with van der Waals surface area (Å²) in [5.74, 6) is 0.430. The predicted molar refractivity (Wildman–Crippen MR) is 63.4 cm³/mol. The Bertz CT molecular complexity index is 237. The molecule has 0 aromatic rings. The molecule has 0 atom stereocenters. The van der Waals surface area contributed by atoms with Gasteiger partial charge in [0.15, 0.2) is 0 Å². The van der Waals surface area contributed by atoms with Crippen LogP contribution in [0.4, 0.5) is 0 Å². The molecular weight excluding hydrogens is 188 g/mol. The molecule has 2 nitrogen and oxygen atoms in total. The molecule has 0 saturated carbocycles. The van der Waals surface area contributed by atoms with Crippen LogP contribution in [-0.4, -0.2) is 5.97 Å². The lowest BCUT2D eigenvalue weighted by Crippen LogP contribution is -1.96. The molecule has 0 bridgehead atoms. The van der Waals surface area contributed by atoms with E-state index >= 15 is 0 Å². The van der Waals surface area contributed by atoms with Gasteiger partial charge in [-0.25, -0.2) is 0 Å². The van der Waals surface area contributed by atoms with E-state index in [9.17, 15) is 4.79 Å². The lowest BCUT2D eigenvalue weighted by Gasteiger charge is -1.99. The number of carbonyl (C=O) groups excluding carboxylic acids is 1. The van der Waals surface area contributed by atoms with Crippen molar-refractivity contribution in [3.8, 4) is 0 Å². The van der Waals surface area contributed by atoms with Crippen LogP contribution in [0.5, 0.6) is 0 Å². The van der Waals surface area contributed by atoms with Crippen molar-refractivity contribution in [3.05, 3.63) is 24.0 Å². The van der Waals surface area contributed by atoms with Crippen molar-refractivity contribution in [3.63, 3.8) is 0 Å². The van der Waals surface area contributed by atoms with Gasteiger partial charge in [-0.15, -0.1) is 0 Å². The zero-order chi connectivity index (χ0) is 11.7. The first-order chi connectivity index (χ1) is 7.06. The average molecular weight is 210 g/mol. The molecule has 15 heavy (non-hydrogen) atoms. The maximum absolute atomic E-state index is 10.9. The van der Waals surface area contributed by atoms with Gasteiger partial charge in [0.25, 0.3) is 0 Å². The molecule has 0 aromatic carbocycles. The first-order valence-corrected chi connectivity index (χ1v) is 5.58. The van der Waals surface area contributed by atoms with Gasteiger partial charge in [-0.3, -0.25) is 4.79 Å². The minimum Gasteiger partial charge on any atom is -0.435 e. The Hall–Kier alpha value is -1.05. The molecule has 0 fully saturated rings. The number of hydrogen-bond donors (Lipinski definition) is 0. The Morgan fingerprint density at radius 3 is 2.60 bits per heavy atom. The standard InChI is InChI=1S/C13H22O2/c1-5-13(14)15-10-12(4)9-7-6-8-11(2)3/h6,8,10-11H,5,7,9H2,1-4H3/b8-6+,12-10+. The van der Waals surface area contributed by atoms with Crippen LogP contribution in [0.25, 0.3) is 0 Å². The number of rotatable bonds is 6. The molecule has 0 spiro atoms. The molecule has 0 radical (unpaired) electrons. The van der Waals surface area contributed by atoms with E-state index in [-0.39, 0.29) is 5.97 Å². The minimum atomic E-state index is -0.174. The normalized spacial score (nSPS) is 12.5. The van der Waals surface area contributed by atoms with Crippen LogP contribution in [0.1, 0.15) is 47.0 Å². The summed E-state index contributed by atoms with van der Waals surface area (Å²) >= 11 is 0. The molecule has 0 aliphatic rings. The molecule has 86 valence electrons. The van der Waals surface area contributed by atoms with E-state index in [2.05, 4.69) is 26.0 Å². The minimum absolute atomic E-state index is 0.174. The van der Waals surface area contributed by atoms with E-state index in [0.717, 1.165) is 18.4 Å². The van der Waals surface area contributed by atoms with Crippen molar-refractivity contribution in [2.75, 3.05) is 0 Å². The number of hydrogen-bond acceptors (Lipinski definition) is 2. The van der Waals surface area contributed by atoms with Crippen molar-refractivity contribution in [1.82, 2.24) is 0 Å². The summed E-state index contributed by atoms with van der Waals surface area (Å²) < 4.78 is 4.91. The monoisotopic (exact) mass is 210 g/mol. The third kappa shape index (κ3) is 9.26. The molecular formula is C13H22O2. The third-order valence-electron chi connectivity index (χ3n) is 1.91. The van der Waals surface area contributed by atoms with Crippen LogP contribution in [0.15, 0.2) is 24.0 Å². The van der Waals surface area contributed by atoms with Gasteiger partial charge in [-0.2, -0.15) is 0 Å². The second kappa shape index (κ2) is 8.27. The van der Waals surface area contributed by atoms with E-state index < -0.39 is 0 Å². The van der Waals surface area contributed by atoms with Crippen LogP contribution in [0.3, 0.4) is 0 Å². The van der Waals surface area contributed by atoms with Crippen LogP contribution in [-0.2, 0) is 9.53 Å². The first kappa shape index (κ1) is 13.9. The zero-order valence-corrected chi connectivity index (χ0v) is 10.2. The first-order valence-electron chi connectivity index (χ1n) is 5.58. The summed E-state index contributed by atoms with van der Waals surface area (Å²) in [5.41, 5.74) is 1.10. The second-order valence-electron chi connectivity index (χ2n) is 4.02. The molecule has 0 N–H and O–H groups in total. The number of carbonyl (C=O) groups is 1. The van der Waals surface area contributed by atoms with Crippen LogP contribution >= 0.6 is 0 Å². The Kier molecular flexibility index (Phi) is 7.69. The molecule has 0 heterocycles. The van der Waals surface area contributed by atoms with E-state index in [1.165, 1.54) is 0 Å². The van der Waals surface area contributed by atoms with Crippen molar-refractivity contribution in [1.29, 1.82) is 0 Å². The Balaban J connectivity index is 3.73. The van der Waals surface area contributed by atoms with Gasteiger partial charge < -0.3 is 4.74 Å². The number of esters is 1. The molecule has 0 unspecified atom stereocenters. The maximum atomic E-state index is 10.9. The molecule has 0 aliphatic heterocycles. The largest absolute Gasteiger partial charge is 0.435 e. The van der Waals surface area contributed by atoms with E-state index in [1.807, 2.05) is 6.92 Å².